The summed E-state index contributed by atoms with van der Waals surface area (Å²) in [5, 5.41) is 0. The molecule has 6 nitrogen and oxygen atoms in total. The maximum Gasteiger partial charge on any atom is 0.241 e. The Bertz CT molecular complexity index is 919. The molecule has 0 aliphatic carbocycles. The van der Waals surface area contributed by atoms with Crippen molar-refractivity contribution >= 4 is 15.9 Å². The second-order valence-electron chi connectivity index (χ2n) is 6.35. The smallest absolute Gasteiger partial charge is 0.241 e. The second kappa shape index (κ2) is 8.16. The van der Waals surface area contributed by atoms with Crippen LogP contribution in [0.25, 0.3) is 0 Å². The molecule has 2 aromatic rings. The highest BCUT2D eigenvalue weighted by Crippen LogP contribution is 2.22. The summed E-state index contributed by atoms with van der Waals surface area (Å²) in [7, 11) is -3.89. The van der Waals surface area contributed by atoms with Crippen LogP contribution in [-0.2, 0) is 19.6 Å². The van der Waals surface area contributed by atoms with Crippen molar-refractivity contribution in [2.24, 2.45) is 0 Å². The van der Waals surface area contributed by atoms with E-state index in [1.807, 2.05) is 30.3 Å². The van der Waals surface area contributed by atoms with E-state index in [0.29, 0.717) is 19.7 Å². The lowest BCUT2D eigenvalue weighted by Gasteiger charge is -2.33. The number of carbonyl (C=O) groups excluding carboxylic acids is 1. The molecular formula is C19H21FN2O4S. The fourth-order valence-corrected chi connectivity index (χ4v) is 3.94. The van der Waals surface area contributed by atoms with Crippen LogP contribution in [0.1, 0.15) is 17.2 Å². The van der Waals surface area contributed by atoms with Crippen LogP contribution < -0.4 is 4.72 Å². The summed E-state index contributed by atoms with van der Waals surface area (Å²) in [6, 6.07) is 13.1. The molecule has 0 bridgehead atoms. The maximum absolute atomic E-state index is 13.3. The Morgan fingerprint density at radius 1 is 1.26 bits per heavy atom. The minimum atomic E-state index is -3.89. The van der Waals surface area contributed by atoms with Crippen LogP contribution in [0.4, 0.5) is 4.39 Å². The van der Waals surface area contributed by atoms with E-state index in [4.69, 9.17) is 4.74 Å². The van der Waals surface area contributed by atoms with Crippen molar-refractivity contribution < 1.29 is 22.3 Å². The number of aryl methyl sites for hydroxylation is 1. The van der Waals surface area contributed by atoms with Gasteiger partial charge in [-0.15, -0.1) is 0 Å². The summed E-state index contributed by atoms with van der Waals surface area (Å²) >= 11 is 0. The van der Waals surface area contributed by atoms with E-state index in [2.05, 4.69) is 4.72 Å². The highest BCUT2D eigenvalue weighted by atomic mass is 32.2. The van der Waals surface area contributed by atoms with Crippen LogP contribution in [0.15, 0.2) is 53.4 Å². The molecule has 3 rings (SSSR count). The summed E-state index contributed by atoms with van der Waals surface area (Å²) < 4.78 is 46.0. The molecule has 1 aliphatic rings. The molecular weight excluding hydrogens is 371 g/mol. The van der Waals surface area contributed by atoms with Gasteiger partial charge in [0.1, 0.15) is 11.9 Å². The van der Waals surface area contributed by atoms with Crippen molar-refractivity contribution in [2.45, 2.75) is 17.9 Å². The van der Waals surface area contributed by atoms with Gasteiger partial charge in [-0.1, -0.05) is 30.3 Å². The molecule has 1 atom stereocenters. The number of sulfonamides is 1. The molecule has 1 fully saturated rings. The van der Waals surface area contributed by atoms with Gasteiger partial charge in [0.25, 0.3) is 0 Å². The third-order valence-corrected chi connectivity index (χ3v) is 5.84. The number of hydrogen-bond donors (Lipinski definition) is 1. The standard InChI is InChI=1S/C19H21FN2O4S/c1-14-11-16(7-8-17(14)20)27(24,25)21-12-19(23)22-9-10-26-18(13-22)15-5-3-2-4-6-15/h2-8,11,18,21H,9-10,12-13H2,1H3. The van der Waals surface area contributed by atoms with Crippen molar-refractivity contribution in [3.63, 3.8) is 0 Å². The van der Waals surface area contributed by atoms with Gasteiger partial charge in [-0.05, 0) is 36.2 Å². The maximum atomic E-state index is 13.3. The van der Waals surface area contributed by atoms with E-state index >= 15 is 0 Å². The highest BCUT2D eigenvalue weighted by Gasteiger charge is 2.26. The molecule has 1 heterocycles. The monoisotopic (exact) mass is 392 g/mol. The summed E-state index contributed by atoms with van der Waals surface area (Å²) in [5.74, 6) is -0.813. The first-order chi connectivity index (χ1) is 12.9. The van der Waals surface area contributed by atoms with Gasteiger partial charge >= 0.3 is 0 Å². The minimum Gasteiger partial charge on any atom is -0.370 e. The van der Waals surface area contributed by atoms with Crippen molar-refractivity contribution in [2.75, 3.05) is 26.2 Å². The van der Waals surface area contributed by atoms with Gasteiger partial charge in [-0.2, -0.15) is 0 Å². The largest absolute Gasteiger partial charge is 0.370 e. The molecule has 0 spiro atoms. The molecule has 0 aromatic heterocycles. The summed E-state index contributed by atoms with van der Waals surface area (Å²) in [5.41, 5.74) is 1.19. The number of benzene rings is 2. The molecule has 1 N–H and O–H groups in total. The first kappa shape index (κ1) is 19.5. The summed E-state index contributed by atoms with van der Waals surface area (Å²) in [4.78, 5) is 14.0. The Kier molecular flexibility index (Phi) is 5.88. The number of nitrogens with one attached hydrogen (secondary N) is 1. The average Bonchev–Trinajstić information content (AvgIpc) is 2.69. The Morgan fingerprint density at radius 3 is 2.70 bits per heavy atom. The lowest BCUT2D eigenvalue weighted by atomic mass is 10.1. The summed E-state index contributed by atoms with van der Waals surface area (Å²) in [6.07, 6.45) is -0.236. The molecule has 144 valence electrons. The molecule has 1 unspecified atom stereocenters. The molecule has 0 radical (unpaired) electrons. The van der Waals surface area contributed by atoms with Crippen molar-refractivity contribution in [3.05, 3.63) is 65.5 Å². The van der Waals surface area contributed by atoms with E-state index in [1.54, 1.807) is 4.90 Å². The number of carbonyl (C=O) groups is 1. The third-order valence-electron chi connectivity index (χ3n) is 4.44. The van der Waals surface area contributed by atoms with Gasteiger partial charge in [0.2, 0.25) is 15.9 Å². The number of hydrogen-bond acceptors (Lipinski definition) is 4. The Balaban J connectivity index is 1.62. The normalized spacial score (nSPS) is 17.7. The SMILES string of the molecule is Cc1cc(S(=O)(=O)NCC(=O)N2CCOC(c3ccccc3)C2)ccc1F. The molecule has 8 heteroatoms. The van der Waals surface area contributed by atoms with Crippen LogP contribution in [-0.4, -0.2) is 45.5 Å². The number of halogens is 1. The zero-order chi connectivity index (χ0) is 19.4. The molecule has 27 heavy (non-hydrogen) atoms. The van der Waals surface area contributed by atoms with Gasteiger partial charge < -0.3 is 9.64 Å². The lowest BCUT2D eigenvalue weighted by Crippen LogP contribution is -2.46. The summed E-state index contributed by atoms with van der Waals surface area (Å²) in [6.45, 7) is 2.27. The topological polar surface area (TPSA) is 75.7 Å². The molecule has 2 aromatic carbocycles. The molecule has 0 saturated carbocycles. The van der Waals surface area contributed by atoms with E-state index in [0.717, 1.165) is 11.6 Å². The van der Waals surface area contributed by atoms with Gasteiger partial charge in [0.05, 0.1) is 24.6 Å². The number of morpholine rings is 1. The van der Waals surface area contributed by atoms with Gasteiger partial charge in [0.15, 0.2) is 0 Å². The Hall–Kier alpha value is -2.29. The predicted molar refractivity (Wildman–Crippen MR) is 98.0 cm³/mol. The number of ether oxygens (including phenoxy) is 1. The van der Waals surface area contributed by atoms with Crippen molar-refractivity contribution in [1.29, 1.82) is 0 Å². The van der Waals surface area contributed by atoms with Crippen LogP contribution in [0.5, 0.6) is 0 Å². The average molecular weight is 392 g/mol. The van der Waals surface area contributed by atoms with Gasteiger partial charge in [-0.25, -0.2) is 17.5 Å². The first-order valence-corrected chi connectivity index (χ1v) is 10.1. The molecule has 1 amide bonds. The van der Waals surface area contributed by atoms with Crippen molar-refractivity contribution in [1.82, 2.24) is 9.62 Å². The Morgan fingerprint density at radius 2 is 2.00 bits per heavy atom. The fraction of sp³-hybridized carbons (Fsp3) is 0.316. The highest BCUT2D eigenvalue weighted by molar-refractivity contribution is 7.89. The number of nitrogens with zero attached hydrogens (tertiary/aromatic N) is 1. The van der Waals surface area contributed by atoms with Crippen LogP contribution in [0.3, 0.4) is 0 Å². The lowest BCUT2D eigenvalue weighted by molar-refractivity contribution is -0.137. The van der Waals surface area contributed by atoms with E-state index in [9.17, 15) is 17.6 Å². The predicted octanol–water partition coefficient (Wildman–Crippen LogP) is 2.01. The second-order valence-corrected chi connectivity index (χ2v) is 8.11. The van der Waals surface area contributed by atoms with E-state index < -0.39 is 15.8 Å². The zero-order valence-electron chi connectivity index (χ0n) is 14.9. The van der Waals surface area contributed by atoms with Crippen molar-refractivity contribution in [3.8, 4) is 0 Å². The molecule has 1 saturated heterocycles. The van der Waals surface area contributed by atoms with Crippen LogP contribution in [0, 0.1) is 12.7 Å². The third kappa shape index (κ3) is 4.71. The van der Waals surface area contributed by atoms with E-state index in [-0.39, 0.29) is 29.0 Å². The Labute approximate surface area is 158 Å². The van der Waals surface area contributed by atoms with Crippen LogP contribution >= 0.6 is 0 Å². The van der Waals surface area contributed by atoms with E-state index in [1.165, 1.54) is 19.1 Å². The van der Waals surface area contributed by atoms with Crippen LogP contribution in [0.2, 0.25) is 0 Å². The fourth-order valence-electron chi connectivity index (χ4n) is 2.88. The number of amides is 1. The zero-order valence-corrected chi connectivity index (χ0v) is 15.7. The van der Waals surface area contributed by atoms with Gasteiger partial charge in [0, 0.05) is 6.54 Å². The minimum absolute atomic E-state index is 0.0710. The first-order valence-electron chi connectivity index (χ1n) is 8.57. The van der Waals surface area contributed by atoms with Gasteiger partial charge in [-0.3, -0.25) is 4.79 Å². The quantitative estimate of drug-likeness (QED) is 0.845. The number of rotatable bonds is 5. The molecule has 1 aliphatic heterocycles.